The van der Waals surface area contributed by atoms with E-state index < -0.39 is 0 Å². The Morgan fingerprint density at radius 2 is 2.00 bits per heavy atom. The fourth-order valence-electron chi connectivity index (χ4n) is 1.20. The van der Waals surface area contributed by atoms with E-state index in [0.717, 1.165) is 17.0 Å². The minimum atomic E-state index is -0.0277. The van der Waals surface area contributed by atoms with E-state index in [-0.39, 0.29) is 13.2 Å². The van der Waals surface area contributed by atoms with E-state index in [1.807, 2.05) is 38.1 Å². The maximum Gasteiger partial charge on any atom is 0.140 e. The third-order valence-electron chi connectivity index (χ3n) is 1.97. The number of nitrogens with zero attached hydrogens (tertiary/aromatic N) is 1. The lowest BCUT2D eigenvalue weighted by Crippen LogP contribution is -2.00. The minimum absolute atomic E-state index is 0.0277. The molecule has 0 aliphatic carbocycles. The molecule has 0 radical (unpaired) electrons. The molecule has 0 saturated heterocycles. The summed E-state index contributed by atoms with van der Waals surface area (Å²) < 4.78 is 5.33. The predicted molar refractivity (Wildman–Crippen MR) is 62.9 cm³/mol. The Balaban J connectivity index is 2.62. The van der Waals surface area contributed by atoms with Gasteiger partial charge in [0.1, 0.15) is 12.4 Å². The van der Waals surface area contributed by atoms with E-state index in [2.05, 4.69) is 5.16 Å². The number of rotatable bonds is 6. The Bertz CT molecular complexity index is 333. The molecule has 0 spiro atoms. The van der Waals surface area contributed by atoms with Crippen LogP contribution in [0.2, 0.25) is 0 Å². The van der Waals surface area contributed by atoms with Gasteiger partial charge >= 0.3 is 0 Å². The maximum atomic E-state index is 8.53. The molecule has 0 aromatic heterocycles. The highest BCUT2D eigenvalue weighted by atomic mass is 16.6. The van der Waals surface area contributed by atoms with Crippen molar-refractivity contribution in [2.75, 3.05) is 19.8 Å². The van der Waals surface area contributed by atoms with Crippen molar-refractivity contribution in [1.29, 1.82) is 0 Å². The van der Waals surface area contributed by atoms with Crippen LogP contribution in [0.15, 0.2) is 29.4 Å². The molecule has 16 heavy (non-hydrogen) atoms. The summed E-state index contributed by atoms with van der Waals surface area (Å²) in [4.78, 5) is 4.88. The first-order valence-corrected chi connectivity index (χ1v) is 5.28. The molecule has 1 aromatic rings. The van der Waals surface area contributed by atoms with Gasteiger partial charge in [0.25, 0.3) is 0 Å². The van der Waals surface area contributed by atoms with Crippen molar-refractivity contribution in [3.63, 3.8) is 0 Å². The standard InChI is InChI=1S/C12H17NO3/c1-3-15-12-6-4-11(5-7-12)10(2)13-16-9-8-14/h4-7,14H,3,8-9H2,1-2H3. The summed E-state index contributed by atoms with van der Waals surface area (Å²) in [5.74, 6) is 0.843. The van der Waals surface area contributed by atoms with Gasteiger partial charge in [-0.1, -0.05) is 5.16 Å². The zero-order chi connectivity index (χ0) is 11.8. The normalized spacial score (nSPS) is 11.3. The Hall–Kier alpha value is -1.55. The van der Waals surface area contributed by atoms with Crippen LogP contribution >= 0.6 is 0 Å². The average molecular weight is 223 g/mol. The number of aliphatic hydroxyl groups is 1. The van der Waals surface area contributed by atoms with Gasteiger partial charge in [0, 0.05) is 0 Å². The summed E-state index contributed by atoms with van der Waals surface area (Å²) in [5, 5.41) is 12.4. The first-order chi connectivity index (χ1) is 7.77. The van der Waals surface area contributed by atoms with Crippen LogP contribution in [0, 0.1) is 0 Å². The monoisotopic (exact) mass is 223 g/mol. The quantitative estimate of drug-likeness (QED) is 0.454. The lowest BCUT2D eigenvalue weighted by Gasteiger charge is -2.04. The zero-order valence-electron chi connectivity index (χ0n) is 9.64. The highest BCUT2D eigenvalue weighted by Crippen LogP contribution is 2.12. The van der Waals surface area contributed by atoms with Crippen LogP contribution < -0.4 is 4.74 Å². The number of oxime groups is 1. The van der Waals surface area contributed by atoms with Gasteiger partial charge in [-0.3, -0.25) is 0 Å². The number of hydrogen-bond acceptors (Lipinski definition) is 4. The highest BCUT2D eigenvalue weighted by Gasteiger charge is 1.98. The van der Waals surface area contributed by atoms with Crippen LogP contribution in [0.3, 0.4) is 0 Å². The van der Waals surface area contributed by atoms with Crippen molar-refractivity contribution in [2.45, 2.75) is 13.8 Å². The summed E-state index contributed by atoms with van der Waals surface area (Å²) in [7, 11) is 0. The van der Waals surface area contributed by atoms with Crippen LogP contribution in [-0.4, -0.2) is 30.6 Å². The predicted octanol–water partition coefficient (Wildman–Crippen LogP) is 1.82. The van der Waals surface area contributed by atoms with E-state index in [9.17, 15) is 0 Å². The van der Waals surface area contributed by atoms with Gasteiger partial charge < -0.3 is 14.7 Å². The van der Waals surface area contributed by atoms with Gasteiger partial charge in [-0.2, -0.15) is 0 Å². The van der Waals surface area contributed by atoms with Crippen molar-refractivity contribution >= 4 is 5.71 Å². The van der Waals surface area contributed by atoms with E-state index in [4.69, 9.17) is 14.7 Å². The molecule has 0 aliphatic heterocycles. The van der Waals surface area contributed by atoms with Crippen molar-refractivity contribution in [3.05, 3.63) is 29.8 Å². The molecule has 0 heterocycles. The minimum Gasteiger partial charge on any atom is -0.494 e. The molecule has 4 nitrogen and oxygen atoms in total. The van der Waals surface area contributed by atoms with Gasteiger partial charge in [-0.25, -0.2) is 0 Å². The number of benzene rings is 1. The topological polar surface area (TPSA) is 51.0 Å². The van der Waals surface area contributed by atoms with Crippen LogP contribution in [0.5, 0.6) is 5.75 Å². The Morgan fingerprint density at radius 3 is 2.56 bits per heavy atom. The van der Waals surface area contributed by atoms with Crippen molar-refractivity contribution in [3.8, 4) is 5.75 Å². The fraction of sp³-hybridized carbons (Fsp3) is 0.417. The van der Waals surface area contributed by atoms with Crippen molar-refractivity contribution in [1.82, 2.24) is 0 Å². The van der Waals surface area contributed by atoms with Gasteiger partial charge in [-0.05, 0) is 43.7 Å². The third kappa shape index (κ3) is 3.90. The molecule has 1 N–H and O–H groups in total. The SMILES string of the molecule is CCOc1ccc(C(C)=NOCCO)cc1. The summed E-state index contributed by atoms with van der Waals surface area (Å²) in [5.41, 5.74) is 1.75. The summed E-state index contributed by atoms with van der Waals surface area (Å²) in [6.07, 6.45) is 0. The molecule has 1 rings (SSSR count). The molecule has 0 saturated carbocycles. The van der Waals surface area contributed by atoms with Gasteiger partial charge in [-0.15, -0.1) is 0 Å². The number of hydrogen-bond donors (Lipinski definition) is 1. The smallest absolute Gasteiger partial charge is 0.140 e. The molecule has 0 aliphatic rings. The molecule has 0 bridgehead atoms. The highest BCUT2D eigenvalue weighted by molar-refractivity contribution is 5.98. The van der Waals surface area contributed by atoms with E-state index in [0.29, 0.717) is 6.61 Å². The maximum absolute atomic E-state index is 8.53. The molecule has 0 unspecified atom stereocenters. The second-order valence-electron chi connectivity index (χ2n) is 3.19. The molecule has 0 atom stereocenters. The Labute approximate surface area is 95.5 Å². The lowest BCUT2D eigenvalue weighted by atomic mass is 10.1. The van der Waals surface area contributed by atoms with E-state index in [1.165, 1.54) is 0 Å². The van der Waals surface area contributed by atoms with Gasteiger partial charge in [0.15, 0.2) is 0 Å². The molecule has 0 fully saturated rings. The van der Waals surface area contributed by atoms with Crippen LogP contribution in [-0.2, 0) is 4.84 Å². The van der Waals surface area contributed by atoms with Crippen molar-refractivity contribution in [2.24, 2.45) is 5.16 Å². The van der Waals surface area contributed by atoms with Crippen LogP contribution in [0.25, 0.3) is 0 Å². The Morgan fingerprint density at radius 1 is 1.31 bits per heavy atom. The Kier molecular flexibility index (Phi) is 5.36. The van der Waals surface area contributed by atoms with Gasteiger partial charge in [0.05, 0.1) is 18.9 Å². The molecule has 88 valence electrons. The molecule has 0 amide bonds. The van der Waals surface area contributed by atoms with Crippen LogP contribution in [0.1, 0.15) is 19.4 Å². The number of ether oxygens (including phenoxy) is 1. The van der Waals surface area contributed by atoms with Crippen molar-refractivity contribution < 1.29 is 14.7 Å². The lowest BCUT2D eigenvalue weighted by molar-refractivity contribution is 0.0986. The first kappa shape index (κ1) is 12.5. The largest absolute Gasteiger partial charge is 0.494 e. The first-order valence-electron chi connectivity index (χ1n) is 5.28. The molecule has 4 heteroatoms. The van der Waals surface area contributed by atoms with E-state index >= 15 is 0 Å². The summed E-state index contributed by atoms with van der Waals surface area (Å²) >= 11 is 0. The second kappa shape index (κ2) is 6.85. The third-order valence-corrected chi connectivity index (χ3v) is 1.97. The zero-order valence-corrected chi connectivity index (χ0v) is 9.64. The average Bonchev–Trinajstić information content (AvgIpc) is 2.30. The molecular weight excluding hydrogens is 206 g/mol. The second-order valence-corrected chi connectivity index (χ2v) is 3.19. The summed E-state index contributed by atoms with van der Waals surface area (Å²) in [6.45, 7) is 4.65. The van der Waals surface area contributed by atoms with E-state index in [1.54, 1.807) is 0 Å². The fourth-order valence-corrected chi connectivity index (χ4v) is 1.20. The summed E-state index contributed by atoms with van der Waals surface area (Å²) in [6, 6.07) is 7.63. The molecular formula is C12H17NO3. The molecule has 1 aromatic carbocycles. The van der Waals surface area contributed by atoms with Gasteiger partial charge in [0.2, 0.25) is 0 Å². The van der Waals surface area contributed by atoms with Crippen LogP contribution in [0.4, 0.5) is 0 Å². The number of aliphatic hydroxyl groups excluding tert-OH is 1.